The summed E-state index contributed by atoms with van der Waals surface area (Å²) in [5.74, 6) is 0. The van der Waals surface area contributed by atoms with Gasteiger partial charge in [0.15, 0.2) is 0 Å². The number of rotatable bonds is 6. The molecule has 2 nitrogen and oxygen atoms in total. The Kier molecular flexibility index (Phi) is 6.57. The van der Waals surface area contributed by atoms with Crippen LogP contribution in [0.3, 0.4) is 0 Å². The molecule has 0 rings (SSSR count). The maximum Gasteiger partial charge on any atom is 0.220 e. The fourth-order valence-electron chi connectivity index (χ4n) is 1.04. The first-order valence-corrected chi connectivity index (χ1v) is 6.19. The van der Waals surface area contributed by atoms with Gasteiger partial charge in [0.05, 0.1) is 13.2 Å². The molecule has 0 heterocycles. The summed E-state index contributed by atoms with van der Waals surface area (Å²) in [6.07, 6.45) is 2.80. The van der Waals surface area contributed by atoms with E-state index in [9.17, 15) is 0 Å². The van der Waals surface area contributed by atoms with Crippen LogP contribution in [0, 0.1) is 17.1 Å². The van der Waals surface area contributed by atoms with Gasteiger partial charge in [-0.2, -0.15) is 0 Å². The van der Waals surface area contributed by atoms with Crippen LogP contribution < -0.4 is 0 Å². The molecule has 0 unspecified atom stereocenters. The molecule has 0 amide bonds. The largest absolute Gasteiger partial charge is 0.346 e. The summed E-state index contributed by atoms with van der Waals surface area (Å²) in [4.78, 5) is 0. The molecule has 0 aromatic rings. The molecule has 0 aliphatic heterocycles. The highest BCUT2D eigenvalue weighted by Crippen LogP contribution is 2.21. The van der Waals surface area contributed by atoms with E-state index in [0.717, 1.165) is 26.1 Å². The van der Waals surface area contributed by atoms with E-state index in [1.165, 1.54) is 0 Å². The molecule has 0 fully saturated rings. The molecule has 1 radical (unpaired) electrons. The van der Waals surface area contributed by atoms with Crippen molar-refractivity contribution in [3.63, 3.8) is 0 Å². The quantitative estimate of drug-likeness (QED) is 0.672. The maximum atomic E-state index is 5.53. The smallest absolute Gasteiger partial charge is 0.220 e. The molecule has 0 N–H and O–H groups in total. The second-order valence-electron chi connectivity index (χ2n) is 6.81. The normalized spacial score (nSPS) is 13.5. The van der Waals surface area contributed by atoms with Crippen LogP contribution in [0.2, 0.25) is 0 Å². The molecule has 97 valence electrons. The summed E-state index contributed by atoms with van der Waals surface area (Å²) in [6, 6.07) is 0. The van der Waals surface area contributed by atoms with Gasteiger partial charge in [-0.15, -0.1) is 0 Å². The lowest BCUT2D eigenvalue weighted by Gasteiger charge is -2.21. The highest BCUT2D eigenvalue weighted by Gasteiger charge is 2.14. The Morgan fingerprint density at radius 1 is 0.750 bits per heavy atom. The summed E-state index contributed by atoms with van der Waals surface area (Å²) in [6.45, 7) is 16.7. The van der Waals surface area contributed by atoms with Gasteiger partial charge in [-0.25, -0.2) is 0 Å². The second kappa shape index (κ2) is 6.61. The third kappa shape index (κ3) is 12.0. The standard InChI is InChI=1S/C14H29O2/c1-12(15-10-8-13(2,3)4)16-11-9-14(5,6)7/h8-11H2,1-7H3. The molecule has 16 heavy (non-hydrogen) atoms. The molecule has 0 atom stereocenters. The number of ether oxygens (including phenoxy) is 2. The minimum absolute atomic E-state index is 0.325. The molecule has 0 spiro atoms. The van der Waals surface area contributed by atoms with Crippen molar-refractivity contribution in [1.82, 2.24) is 0 Å². The highest BCUT2D eigenvalue weighted by molar-refractivity contribution is 4.64. The van der Waals surface area contributed by atoms with Crippen molar-refractivity contribution in [2.24, 2.45) is 10.8 Å². The molecule has 2 heteroatoms. The average Bonchev–Trinajstić information content (AvgIpc) is 1.98. The molecule has 0 aliphatic rings. The van der Waals surface area contributed by atoms with Crippen molar-refractivity contribution in [1.29, 1.82) is 0 Å². The number of hydrogen-bond donors (Lipinski definition) is 0. The molecule has 0 saturated carbocycles. The fourth-order valence-corrected chi connectivity index (χ4v) is 1.04. The van der Waals surface area contributed by atoms with Gasteiger partial charge in [0.2, 0.25) is 6.29 Å². The first-order valence-electron chi connectivity index (χ1n) is 6.19. The lowest BCUT2D eigenvalue weighted by Crippen LogP contribution is -2.15. The minimum atomic E-state index is 0.325. The van der Waals surface area contributed by atoms with E-state index in [-0.39, 0.29) is 0 Å². The van der Waals surface area contributed by atoms with Crippen LogP contribution in [0.15, 0.2) is 0 Å². The predicted octanol–water partition coefficient (Wildman–Crippen LogP) is 4.40. The lowest BCUT2D eigenvalue weighted by molar-refractivity contribution is -0.0487. The zero-order valence-corrected chi connectivity index (χ0v) is 12.1. The van der Waals surface area contributed by atoms with E-state index in [2.05, 4.69) is 41.5 Å². The third-order valence-electron chi connectivity index (χ3n) is 2.31. The molecule has 0 aromatic carbocycles. The Hall–Kier alpha value is -0.0800. The topological polar surface area (TPSA) is 18.5 Å². The van der Waals surface area contributed by atoms with Crippen molar-refractivity contribution in [2.45, 2.75) is 61.3 Å². The SMILES string of the molecule is C[C](OCCC(C)(C)C)OCCC(C)(C)C. The van der Waals surface area contributed by atoms with Gasteiger partial charge < -0.3 is 9.47 Å². The summed E-state index contributed by atoms with van der Waals surface area (Å²) in [7, 11) is 0. The van der Waals surface area contributed by atoms with Gasteiger partial charge in [-0.3, -0.25) is 0 Å². The highest BCUT2D eigenvalue weighted by atomic mass is 16.7. The molecular weight excluding hydrogens is 200 g/mol. The Bertz CT molecular complexity index is 154. The summed E-state index contributed by atoms with van der Waals surface area (Å²) >= 11 is 0. The summed E-state index contributed by atoms with van der Waals surface area (Å²) in [5, 5.41) is 0. The van der Waals surface area contributed by atoms with E-state index >= 15 is 0 Å². The van der Waals surface area contributed by atoms with Crippen molar-refractivity contribution < 1.29 is 9.47 Å². The Morgan fingerprint density at radius 2 is 1.06 bits per heavy atom. The van der Waals surface area contributed by atoms with Crippen LogP contribution in [-0.4, -0.2) is 13.2 Å². The van der Waals surface area contributed by atoms with Gasteiger partial charge in [0.25, 0.3) is 0 Å². The molecule has 0 aromatic heterocycles. The van der Waals surface area contributed by atoms with Crippen LogP contribution in [0.1, 0.15) is 61.3 Å². The molecule has 0 saturated heterocycles. The van der Waals surface area contributed by atoms with Gasteiger partial charge in [-0.1, -0.05) is 41.5 Å². The molecular formula is C14H29O2. The van der Waals surface area contributed by atoms with Gasteiger partial charge >= 0.3 is 0 Å². The first kappa shape index (κ1) is 15.9. The number of hydrogen-bond acceptors (Lipinski definition) is 2. The Balaban J connectivity index is 3.49. The van der Waals surface area contributed by atoms with Crippen LogP contribution in [0.5, 0.6) is 0 Å². The van der Waals surface area contributed by atoms with Crippen molar-refractivity contribution in [3.8, 4) is 0 Å². The van der Waals surface area contributed by atoms with E-state index in [1.807, 2.05) is 6.92 Å². The van der Waals surface area contributed by atoms with E-state index in [4.69, 9.17) is 9.47 Å². The average molecular weight is 229 g/mol. The van der Waals surface area contributed by atoms with Gasteiger partial charge in [0, 0.05) is 0 Å². The fraction of sp³-hybridized carbons (Fsp3) is 0.929. The summed E-state index contributed by atoms with van der Waals surface area (Å²) < 4.78 is 11.1. The molecule has 0 bridgehead atoms. The third-order valence-corrected chi connectivity index (χ3v) is 2.31. The van der Waals surface area contributed by atoms with Crippen LogP contribution in [-0.2, 0) is 9.47 Å². The van der Waals surface area contributed by atoms with Crippen molar-refractivity contribution in [2.75, 3.05) is 13.2 Å². The first-order chi connectivity index (χ1) is 7.10. The van der Waals surface area contributed by atoms with E-state index in [1.54, 1.807) is 0 Å². The zero-order valence-electron chi connectivity index (χ0n) is 12.1. The van der Waals surface area contributed by atoms with E-state index in [0.29, 0.717) is 17.1 Å². The van der Waals surface area contributed by atoms with Gasteiger partial charge in [-0.05, 0) is 30.6 Å². The Morgan fingerprint density at radius 3 is 1.31 bits per heavy atom. The second-order valence-corrected chi connectivity index (χ2v) is 6.81. The molecule has 0 aliphatic carbocycles. The Labute approximate surface area is 102 Å². The van der Waals surface area contributed by atoms with Crippen LogP contribution in [0.4, 0.5) is 0 Å². The zero-order chi connectivity index (χ0) is 12.8. The predicted molar refractivity (Wildman–Crippen MR) is 69.0 cm³/mol. The summed E-state index contributed by atoms with van der Waals surface area (Å²) in [5.41, 5.74) is 0.650. The van der Waals surface area contributed by atoms with Crippen LogP contribution in [0.25, 0.3) is 0 Å². The van der Waals surface area contributed by atoms with Crippen LogP contribution >= 0.6 is 0 Å². The minimum Gasteiger partial charge on any atom is -0.346 e. The lowest BCUT2D eigenvalue weighted by atomic mass is 9.93. The monoisotopic (exact) mass is 229 g/mol. The van der Waals surface area contributed by atoms with Gasteiger partial charge in [0.1, 0.15) is 0 Å². The van der Waals surface area contributed by atoms with Crippen molar-refractivity contribution in [3.05, 3.63) is 6.29 Å². The maximum absolute atomic E-state index is 5.53. The van der Waals surface area contributed by atoms with Crippen molar-refractivity contribution >= 4 is 0 Å². The van der Waals surface area contributed by atoms with E-state index < -0.39 is 0 Å².